The molecule has 3 nitrogen and oxygen atoms in total. The number of halogens is 2. The Kier molecular flexibility index (Phi) is 3.68. The molecule has 1 aliphatic heterocycles. The lowest BCUT2D eigenvalue weighted by atomic mass is 10.1. The molecule has 1 unspecified atom stereocenters. The van der Waals surface area contributed by atoms with Crippen molar-refractivity contribution in [3.8, 4) is 0 Å². The van der Waals surface area contributed by atoms with Crippen molar-refractivity contribution in [2.75, 3.05) is 11.9 Å². The number of amides is 1. The van der Waals surface area contributed by atoms with E-state index in [1.165, 1.54) is 6.07 Å². The number of anilines is 1. The standard InChI is InChI=1S/C12H13F2NO2/c13-8-4-3-5-9(14)11(8)15-12(16)10-6-1-2-7-17-10/h3-5,10H,1-2,6-7H2,(H,15,16). The molecule has 0 aromatic heterocycles. The first kappa shape index (κ1) is 12.0. The first-order valence-electron chi connectivity index (χ1n) is 5.55. The summed E-state index contributed by atoms with van der Waals surface area (Å²) in [5, 5.41) is 2.23. The Labute approximate surface area is 97.8 Å². The fourth-order valence-corrected chi connectivity index (χ4v) is 1.77. The number of benzene rings is 1. The molecule has 1 fully saturated rings. The summed E-state index contributed by atoms with van der Waals surface area (Å²) in [6.45, 7) is 0.512. The molecular weight excluding hydrogens is 228 g/mol. The highest BCUT2D eigenvalue weighted by Gasteiger charge is 2.23. The highest BCUT2D eigenvalue weighted by atomic mass is 19.1. The van der Waals surface area contributed by atoms with Crippen LogP contribution in [0.5, 0.6) is 0 Å². The van der Waals surface area contributed by atoms with Gasteiger partial charge in [0, 0.05) is 6.61 Å². The second-order valence-electron chi connectivity index (χ2n) is 3.94. The maximum Gasteiger partial charge on any atom is 0.253 e. The highest BCUT2D eigenvalue weighted by Crippen LogP contribution is 2.20. The summed E-state index contributed by atoms with van der Waals surface area (Å²) in [5.74, 6) is -2.06. The number of carbonyl (C=O) groups is 1. The lowest BCUT2D eigenvalue weighted by molar-refractivity contribution is -0.130. The fraction of sp³-hybridized carbons (Fsp3) is 0.417. The van der Waals surface area contributed by atoms with Crippen LogP contribution >= 0.6 is 0 Å². The summed E-state index contributed by atoms with van der Waals surface area (Å²) in [4.78, 5) is 11.7. The van der Waals surface area contributed by atoms with Crippen LogP contribution in [0.2, 0.25) is 0 Å². The van der Waals surface area contributed by atoms with E-state index in [1.54, 1.807) is 0 Å². The van der Waals surface area contributed by atoms with Gasteiger partial charge < -0.3 is 10.1 Å². The van der Waals surface area contributed by atoms with Crippen LogP contribution in [0.25, 0.3) is 0 Å². The Bertz CT molecular complexity index is 397. The third kappa shape index (κ3) is 2.79. The van der Waals surface area contributed by atoms with E-state index in [0.29, 0.717) is 13.0 Å². The molecule has 5 heteroatoms. The van der Waals surface area contributed by atoms with E-state index in [4.69, 9.17) is 4.74 Å². The van der Waals surface area contributed by atoms with E-state index in [2.05, 4.69) is 5.32 Å². The Morgan fingerprint density at radius 1 is 1.29 bits per heavy atom. The third-order valence-electron chi connectivity index (χ3n) is 2.68. The monoisotopic (exact) mass is 241 g/mol. The first-order chi connectivity index (χ1) is 8.18. The molecule has 1 aromatic carbocycles. The number of rotatable bonds is 2. The Morgan fingerprint density at radius 3 is 2.59 bits per heavy atom. The quantitative estimate of drug-likeness (QED) is 0.863. The lowest BCUT2D eigenvalue weighted by Gasteiger charge is -2.21. The van der Waals surface area contributed by atoms with Crippen molar-refractivity contribution in [3.63, 3.8) is 0 Å². The summed E-state index contributed by atoms with van der Waals surface area (Å²) in [6.07, 6.45) is 1.78. The van der Waals surface area contributed by atoms with Crippen LogP contribution in [0.15, 0.2) is 18.2 Å². The molecule has 0 radical (unpaired) electrons. The summed E-state index contributed by atoms with van der Waals surface area (Å²) < 4.78 is 31.8. The van der Waals surface area contributed by atoms with Gasteiger partial charge in [0.25, 0.3) is 5.91 Å². The van der Waals surface area contributed by atoms with Crippen LogP contribution in [0, 0.1) is 11.6 Å². The van der Waals surface area contributed by atoms with Gasteiger partial charge in [0.15, 0.2) is 0 Å². The second-order valence-corrected chi connectivity index (χ2v) is 3.94. The Hall–Kier alpha value is -1.49. The molecule has 1 aromatic rings. The van der Waals surface area contributed by atoms with Gasteiger partial charge in [0.2, 0.25) is 0 Å². The van der Waals surface area contributed by atoms with Gasteiger partial charge >= 0.3 is 0 Å². The zero-order chi connectivity index (χ0) is 12.3. The van der Waals surface area contributed by atoms with Crippen molar-refractivity contribution in [1.82, 2.24) is 0 Å². The minimum atomic E-state index is -0.783. The van der Waals surface area contributed by atoms with Gasteiger partial charge in [-0.15, -0.1) is 0 Å². The van der Waals surface area contributed by atoms with Gasteiger partial charge in [-0.1, -0.05) is 6.07 Å². The molecule has 0 saturated carbocycles. The molecule has 0 bridgehead atoms. The van der Waals surface area contributed by atoms with E-state index < -0.39 is 29.3 Å². The van der Waals surface area contributed by atoms with Gasteiger partial charge in [-0.25, -0.2) is 8.78 Å². The van der Waals surface area contributed by atoms with Crippen molar-refractivity contribution in [2.45, 2.75) is 25.4 Å². The van der Waals surface area contributed by atoms with Crippen LogP contribution < -0.4 is 5.32 Å². The molecule has 1 aliphatic rings. The van der Waals surface area contributed by atoms with Crippen LogP contribution in [0.1, 0.15) is 19.3 Å². The predicted molar refractivity (Wildman–Crippen MR) is 58.6 cm³/mol. The first-order valence-corrected chi connectivity index (χ1v) is 5.55. The van der Waals surface area contributed by atoms with Crippen LogP contribution in [0.3, 0.4) is 0 Å². The number of carbonyl (C=O) groups excluding carboxylic acids is 1. The highest BCUT2D eigenvalue weighted by molar-refractivity contribution is 5.94. The number of ether oxygens (including phenoxy) is 1. The van der Waals surface area contributed by atoms with E-state index >= 15 is 0 Å². The van der Waals surface area contributed by atoms with E-state index in [1.807, 2.05) is 0 Å². The summed E-state index contributed by atoms with van der Waals surface area (Å²) in [7, 11) is 0. The fourth-order valence-electron chi connectivity index (χ4n) is 1.77. The largest absolute Gasteiger partial charge is 0.368 e. The second kappa shape index (κ2) is 5.23. The minimum Gasteiger partial charge on any atom is -0.368 e. The van der Waals surface area contributed by atoms with E-state index in [9.17, 15) is 13.6 Å². The van der Waals surface area contributed by atoms with E-state index in [0.717, 1.165) is 25.0 Å². The molecule has 1 heterocycles. The van der Waals surface area contributed by atoms with E-state index in [-0.39, 0.29) is 0 Å². The van der Waals surface area contributed by atoms with Crippen molar-refractivity contribution in [1.29, 1.82) is 0 Å². The van der Waals surface area contributed by atoms with Gasteiger partial charge in [0.1, 0.15) is 23.4 Å². The normalized spacial score (nSPS) is 20.0. The maximum absolute atomic E-state index is 13.3. The zero-order valence-electron chi connectivity index (χ0n) is 9.21. The van der Waals surface area contributed by atoms with Crippen LogP contribution in [-0.2, 0) is 9.53 Å². The van der Waals surface area contributed by atoms with Gasteiger partial charge in [-0.05, 0) is 31.4 Å². The average Bonchev–Trinajstić information content (AvgIpc) is 2.35. The van der Waals surface area contributed by atoms with Gasteiger partial charge in [-0.3, -0.25) is 4.79 Å². The molecule has 1 saturated heterocycles. The maximum atomic E-state index is 13.3. The molecule has 1 amide bonds. The number of nitrogens with one attached hydrogen (secondary N) is 1. The van der Waals surface area contributed by atoms with Crippen molar-refractivity contribution < 1.29 is 18.3 Å². The molecule has 0 spiro atoms. The third-order valence-corrected chi connectivity index (χ3v) is 2.68. The van der Waals surface area contributed by atoms with Crippen LogP contribution in [0.4, 0.5) is 14.5 Å². The van der Waals surface area contributed by atoms with Crippen LogP contribution in [-0.4, -0.2) is 18.6 Å². The Morgan fingerprint density at radius 2 is 2.00 bits per heavy atom. The molecule has 1 atom stereocenters. The molecule has 92 valence electrons. The summed E-state index contributed by atoms with van der Waals surface area (Å²) >= 11 is 0. The number of para-hydroxylation sites is 1. The van der Waals surface area contributed by atoms with Gasteiger partial charge in [-0.2, -0.15) is 0 Å². The molecule has 0 aliphatic carbocycles. The molecule has 1 N–H and O–H groups in total. The minimum absolute atomic E-state index is 0.410. The molecule has 17 heavy (non-hydrogen) atoms. The topological polar surface area (TPSA) is 38.3 Å². The van der Waals surface area contributed by atoms with Gasteiger partial charge in [0.05, 0.1) is 0 Å². The number of hydrogen-bond acceptors (Lipinski definition) is 2. The van der Waals surface area contributed by atoms with Crippen molar-refractivity contribution in [2.24, 2.45) is 0 Å². The lowest BCUT2D eigenvalue weighted by Crippen LogP contribution is -2.33. The SMILES string of the molecule is O=C(Nc1c(F)cccc1F)C1CCCCO1. The van der Waals surface area contributed by atoms with Crippen molar-refractivity contribution in [3.05, 3.63) is 29.8 Å². The number of hydrogen-bond donors (Lipinski definition) is 1. The molecular formula is C12H13F2NO2. The Balaban J connectivity index is 2.07. The predicted octanol–water partition coefficient (Wildman–Crippen LogP) is 2.47. The summed E-state index contributed by atoms with van der Waals surface area (Å²) in [5.41, 5.74) is -0.410. The smallest absolute Gasteiger partial charge is 0.253 e. The average molecular weight is 241 g/mol. The summed E-state index contributed by atoms with van der Waals surface area (Å²) in [6, 6.07) is 3.44. The molecule has 2 rings (SSSR count). The zero-order valence-corrected chi connectivity index (χ0v) is 9.21. The van der Waals surface area contributed by atoms with Crippen molar-refractivity contribution >= 4 is 11.6 Å².